The number of aromatic nitrogens is 6. The predicted molar refractivity (Wildman–Crippen MR) is 428 cm³/mol. The molecule has 8 heterocycles. The lowest BCUT2D eigenvalue weighted by Crippen LogP contribution is -2.41. The van der Waals surface area contributed by atoms with Crippen LogP contribution in [0.1, 0.15) is 40.2 Å². The molecule has 1 aliphatic carbocycles. The van der Waals surface area contributed by atoms with Gasteiger partial charge in [-0.3, -0.25) is 0 Å². The summed E-state index contributed by atoms with van der Waals surface area (Å²) in [7, 11) is -0.427. The van der Waals surface area contributed by atoms with Crippen molar-refractivity contribution in [3.8, 4) is 56.5 Å². The van der Waals surface area contributed by atoms with Gasteiger partial charge in [0.15, 0.2) is 10.6 Å². The second-order valence-corrected chi connectivity index (χ2v) is 30.6. The highest BCUT2D eigenvalue weighted by molar-refractivity contribution is 9.10. The number of thiophene rings is 3. The standard InChI is InChI=1S/C40H23N3S2.C30H26BNO2S.C17H11BrN2.H2/c1-2-12-24(13-3-1)36-39-37(29-17-7-11-21-35(29)45-39)42-40(41-36)31-23-25(22-30-28-16-6-10-20-34(28)44-38(30)31)43-32-18-8-4-14-26(32)27-15-5-9-19-33(27)43;1-29(2)30(3,4)34-31(33-29)24-18-19(17-23-22-13-7-10-16-27(22)35-28(23)24)32-25-14-8-5-11-20(25)21-12-6-9-15-26(21)32;18-17-19-15(11-6-2-1-3-7-11)14-10-12-8-4-5-9-13(12)16(14)20-17;/h1-23H;5-18H,1-4H3;1-9H,10H2;1H/i;;;1+1. The molecule has 7 aromatic heterocycles. The summed E-state index contributed by atoms with van der Waals surface area (Å²) in [5.74, 6) is 0.754. The molecule has 19 aromatic rings. The van der Waals surface area contributed by atoms with Crippen LogP contribution in [0.4, 0.5) is 0 Å². The van der Waals surface area contributed by atoms with Gasteiger partial charge in [-0.15, -0.1) is 34.0 Å². The van der Waals surface area contributed by atoms with Crippen LogP contribution in [-0.2, 0) is 15.7 Å². The summed E-state index contributed by atoms with van der Waals surface area (Å²) in [6.07, 6.45) is 0.906. The molecule has 8 nitrogen and oxygen atoms in total. The van der Waals surface area contributed by atoms with Crippen molar-refractivity contribution < 1.29 is 10.7 Å². The Labute approximate surface area is 598 Å². The van der Waals surface area contributed by atoms with Crippen molar-refractivity contribution in [3.63, 3.8) is 0 Å². The van der Waals surface area contributed by atoms with Crippen molar-refractivity contribution in [1.82, 2.24) is 29.1 Å². The van der Waals surface area contributed by atoms with E-state index in [9.17, 15) is 0 Å². The number of benzene rings is 12. The Balaban J connectivity index is 0.000000116. The van der Waals surface area contributed by atoms with E-state index in [2.05, 4.69) is 324 Å². The molecule has 13 heteroatoms. The molecule has 0 atom stereocenters. The summed E-state index contributed by atoms with van der Waals surface area (Å²) in [5.41, 5.74) is 18.5. The number of hydrogen-bond donors (Lipinski definition) is 0. The molecular formula is C87H62BBrN6O2S3. The normalized spacial score (nSPS) is 13.9. The monoisotopic (exact) mass is 1410 g/mol. The Morgan fingerprint density at radius 2 is 0.800 bits per heavy atom. The van der Waals surface area contributed by atoms with E-state index in [1.165, 1.54) is 111 Å². The highest BCUT2D eigenvalue weighted by Gasteiger charge is 2.52. The zero-order valence-electron chi connectivity index (χ0n) is 54.9. The van der Waals surface area contributed by atoms with Crippen LogP contribution < -0.4 is 5.46 Å². The second-order valence-electron chi connectivity index (χ2n) is 26.7. The van der Waals surface area contributed by atoms with Crippen molar-refractivity contribution in [2.75, 3.05) is 0 Å². The first-order valence-electron chi connectivity index (χ1n) is 33.7. The van der Waals surface area contributed by atoms with E-state index in [0.717, 1.165) is 73.1 Å². The SMILES string of the molecule is Brc1nc(-c2ccccc2)c2c(n1)-c1ccccc1C2.CC1(C)OB(c2cc(-n3c4ccccc4c4ccccc43)cc3c2sc2ccccc23)OC1(C)C.[2HH].c1ccc(-c2nc(-c3cc(-n4c5ccccc5c5ccccc54)cc4c3sc3ccccc34)nc3c2sc2ccccc23)cc1. The number of nitrogens with zero attached hydrogens (tertiary/aromatic N) is 6. The summed E-state index contributed by atoms with van der Waals surface area (Å²) in [4.78, 5) is 20.0. The first-order valence-corrected chi connectivity index (χ1v) is 36.9. The Kier molecular flexibility index (Phi) is 14.5. The predicted octanol–water partition coefficient (Wildman–Crippen LogP) is 23.8. The summed E-state index contributed by atoms with van der Waals surface area (Å²) in [6.45, 7) is 8.47. The summed E-state index contributed by atoms with van der Waals surface area (Å²) in [6, 6.07) is 99.2. The molecule has 0 bridgehead atoms. The average molecular weight is 1410 g/mol. The van der Waals surface area contributed by atoms with Crippen molar-refractivity contribution in [3.05, 3.63) is 295 Å². The summed E-state index contributed by atoms with van der Waals surface area (Å²) < 4.78 is 25.9. The lowest BCUT2D eigenvalue weighted by molar-refractivity contribution is 0.00578. The van der Waals surface area contributed by atoms with Crippen molar-refractivity contribution >= 4 is 167 Å². The van der Waals surface area contributed by atoms with Gasteiger partial charge in [-0.2, -0.15) is 0 Å². The number of halogens is 1. The van der Waals surface area contributed by atoms with Crippen LogP contribution in [0.2, 0.25) is 0 Å². The minimum Gasteiger partial charge on any atom is -0.399 e. The molecule has 0 radical (unpaired) electrons. The summed E-state index contributed by atoms with van der Waals surface area (Å²) >= 11 is 8.86. The zero-order valence-corrected chi connectivity index (χ0v) is 59.0. The third-order valence-electron chi connectivity index (χ3n) is 20.3. The first-order chi connectivity index (χ1) is 49.0. The molecule has 12 aromatic carbocycles. The zero-order chi connectivity index (χ0) is 67.0. The number of rotatable bonds is 6. The molecule has 100 heavy (non-hydrogen) atoms. The van der Waals surface area contributed by atoms with Gasteiger partial charge in [0.25, 0.3) is 0 Å². The Hall–Kier alpha value is -10.5. The lowest BCUT2D eigenvalue weighted by atomic mass is 9.78. The van der Waals surface area contributed by atoms with E-state index in [1.54, 1.807) is 11.3 Å². The maximum absolute atomic E-state index is 6.58. The molecule has 480 valence electrons. The van der Waals surface area contributed by atoms with Crippen LogP contribution >= 0.6 is 49.9 Å². The molecule has 0 spiro atoms. The van der Waals surface area contributed by atoms with Gasteiger partial charge in [0.2, 0.25) is 0 Å². The third-order valence-corrected chi connectivity index (χ3v) is 24.3. The first kappa shape index (κ1) is 60.7. The second kappa shape index (κ2) is 23.9. The molecule has 0 unspecified atom stereocenters. The smallest absolute Gasteiger partial charge is 0.399 e. The molecule has 21 rings (SSSR count). The van der Waals surface area contributed by atoms with E-state index >= 15 is 0 Å². The molecular weight excluding hydrogens is 1350 g/mol. The van der Waals surface area contributed by atoms with Gasteiger partial charge in [0.1, 0.15) is 0 Å². The van der Waals surface area contributed by atoms with E-state index in [4.69, 9.17) is 19.3 Å². The van der Waals surface area contributed by atoms with Gasteiger partial charge in [0, 0.05) is 124 Å². The van der Waals surface area contributed by atoms with Gasteiger partial charge < -0.3 is 18.4 Å². The summed E-state index contributed by atoms with van der Waals surface area (Å²) in [5, 5.41) is 11.2. The molecule has 0 amide bonds. The number of hydrogen-bond acceptors (Lipinski definition) is 9. The van der Waals surface area contributed by atoms with Crippen molar-refractivity contribution in [2.24, 2.45) is 0 Å². The van der Waals surface area contributed by atoms with Gasteiger partial charge in [-0.05, 0) is 116 Å². The van der Waals surface area contributed by atoms with Gasteiger partial charge in [-0.25, -0.2) is 19.9 Å². The average Bonchev–Trinajstić information content (AvgIpc) is 1.59. The lowest BCUT2D eigenvalue weighted by Gasteiger charge is -2.32. The van der Waals surface area contributed by atoms with E-state index in [-0.39, 0.29) is 1.43 Å². The molecule has 1 saturated heterocycles. The molecule has 1 fully saturated rings. The third kappa shape index (κ3) is 9.96. The largest absolute Gasteiger partial charge is 0.496 e. The Morgan fingerprint density at radius 3 is 1.36 bits per heavy atom. The van der Waals surface area contributed by atoms with Crippen molar-refractivity contribution in [1.29, 1.82) is 0 Å². The van der Waals surface area contributed by atoms with Crippen LogP contribution in [-0.4, -0.2) is 47.4 Å². The maximum Gasteiger partial charge on any atom is 0.496 e. The highest BCUT2D eigenvalue weighted by Crippen LogP contribution is 2.47. The van der Waals surface area contributed by atoms with Crippen LogP contribution in [0.15, 0.2) is 284 Å². The van der Waals surface area contributed by atoms with E-state index in [0.29, 0.717) is 4.73 Å². The van der Waals surface area contributed by atoms with Crippen LogP contribution in [0.25, 0.3) is 161 Å². The van der Waals surface area contributed by atoms with Crippen LogP contribution in [0, 0.1) is 0 Å². The quantitative estimate of drug-likeness (QED) is 0.122. The fraction of sp³-hybridized carbons (Fsp3) is 0.0805. The minimum absolute atomic E-state index is 0. The topological polar surface area (TPSA) is 79.9 Å². The fourth-order valence-corrected chi connectivity index (χ4v) is 18.8. The van der Waals surface area contributed by atoms with Gasteiger partial charge in [0.05, 0.1) is 60.6 Å². The van der Waals surface area contributed by atoms with E-state index < -0.39 is 18.3 Å². The molecule has 0 N–H and O–H groups in total. The van der Waals surface area contributed by atoms with Crippen LogP contribution in [0.5, 0.6) is 0 Å². The van der Waals surface area contributed by atoms with Crippen molar-refractivity contribution in [2.45, 2.75) is 45.3 Å². The van der Waals surface area contributed by atoms with Gasteiger partial charge in [-0.1, -0.05) is 212 Å². The Morgan fingerprint density at radius 1 is 0.380 bits per heavy atom. The Bertz CT molecular complexity index is 6400. The molecule has 0 saturated carbocycles. The molecule has 2 aliphatic rings. The number of fused-ring (bicyclic) bond motifs is 18. The fourth-order valence-electron chi connectivity index (χ4n) is 14.9. The molecule has 1 aliphatic heterocycles. The van der Waals surface area contributed by atoms with Gasteiger partial charge >= 0.3 is 7.12 Å². The van der Waals surface area contributed by atoms with Crippen LogP contribution in [0.3, 0.4) is 0 Å². The van der Waals surface area contributed by atoms with E-state index in [1.807, 2.05) is 40.9 Å². The maximum atomic E-state index is 6.58. The number of para-hydroxylation sites is 4. The minimum atomic E-state index is -0.427. The highest BCUT2D eigenvalue weighted by atomic mass is 79.9.